The quantitative estimate of drug-likeness (QED) is 0.662. The molecule has 1 aliphatic heterocycles. The molecule has 1 N–H and O–H groups in total. The van der Waals surface area contributed by atoms with Crippen molar-refractivity contribution in [3.05, 3.63) is 64.3 Å². The van der Waals surface area contributed by atoms with E-state index >= 15 is 0 Å². The van der Waals surface area contributed by atoms with Gasteiger partial charge in [0.1, 0.15) is 11.4 Å². The second-order valence-corrected chi connectivity index (χ2v) is 7.48. The minimum atomic E-state index is -0.591. The van der Waals surface area contributed by atoms with Crippen LogP contribution in [0.3, 0.4) is 0 Å². The number of piperidine rings is 1. The maximum atomic E-state index is 11.0. The number of nitrogens with zero attached hydrogens (tertiary/aromatic N) is 3. The number of rotatable bonds is 7. The Morgan fingerprint density at radius 3 is 2.62 bits per heavy atom. The van der Waals surface area contributed by atoms with Crippen molar-refractivity contribution in [1.29, 1.82) is 0 Å². The monoisotopic (exact) mass is 394 g/mol. The van der Waals surface area contributed by atoms with Crippen molar-refractivity contribution in [2.75, 3.05) is 19.7 Å². The lowest BCUT2D eigenvalue weighted by molar-refractivity contribution is 0.136. The summed E-state index contributed by atoms with van der Waals surface area (Å²) < 4.78 is 10.4. The largest absolute Gasteiger partial charge is 0.492 e. The maximum absolute atomic E-state index is 11.0. The number of benzene rings is 1. The third kappa shape index (κ3) is 4.92. The smallest absolute Gasteiger partial charge is 0.439 e. The molecule has 3 aromatic rings. The molecule has 152 valence electrons. The van der Waals surface area contributed by atoms with Crippen molar-refractivity contribution in [3.8, 4) is 17.3 Å². The fraction of sp³-hybridized carbons (Fsp3) is 0.409. The summed E-state index contributed by atoms with van der Waals surface area (Å²) in [5.41, 5.74) is 3.44. The van der Waals surface area contributed by atoms with Crippen LogP contribution in [0.1, 0.15) is 30.9 Å². The summed E-state index contributed by atoms with van der Waals surface area (Å²) in [6, 6.07) is 12.3. The molecule has 0 amide bonds. The van der Waals surface area contributed by atoms with Gasteiger partial charge >= 0.3 is 5.76 Å². The molecular weight excluding hydrogens is 368 g/mol. The number of nitrogens with one attached hydrogen (secondary N) is 1. The highest BCUT2D eigenvalue weighted by Gasteiger charge is 2.20. The van der Waals surface area contributed by atoms with Crippen LogP contribution in [0.5, 0.6) is 5.75 Å². The average molecular weight is 394 g/mol. The maximum Gasteiger partial charge on any atom is 0.439 e. The second kappa shape index (κ2) is 9.05. The fourth-order valence-electron chi connectivity index (χ4n) is 3.77. The molecule has 0 unspecified atom stereocenters. The van der Waals surface area contributed by atoms with Crippen molar-refractivity contribution < 1.29 is 9.26 Å². The summed E-state index contributed by atoms with van der Waals surface area (Å²) >= 11 is 0. The van der Waals surface area contributed by atoms with Crippen LogP contribution in [-0.4, -0.2) is 39.7 Å². The van der Waals surface area contributed by atoms with Crippen LogP contribution < -0.4 is 10.5 Å². The molecule has 0 bridgehead atoms. The van der Waals surface area contributed by atoms with Gasteiger partial charge < -0.3 is 4.74 Å². The first-order valence-corrected chi connectivity index (χ1v) is 10.2. The predicted octanol–water partition coefficient (Wildman–Crippen LogP) is 3.28. The van der Waals surface area contributed by atoms with Crippen LogP contribution in [0.15, 0.2) is 51.9 Å². The molecule has 2 aromatic heterocycles. The van der Waals surface area contributed by atoms with Gasteiger partial charge in [0, 0.05) is 6.54 Å². The van der Waals surface area contributed by atoms with Crippen LogP contribution in [-0.2, 0) is 13.0 Å². The zero-order chi connectivity index (χ0) is 20.1. The van der Waals surface area contributed by atoms with E-state index in [9.17, 15) is 4.79 Å². The Morgan fingerprint density at radius 1 is 1.17 bits per heavy atom. The molecule has 0 radical (unpaired) electrons. The van der Waals surface area contributed by atoms with Gasteiger partial charge in [-0.1, -0.05) is 36.3 Å². The standard InChI is InChI=1S/C22H26N4O3/c1-2-17-5-3-4-6-18(17)14-26-11-9-16(10-12-26)15-28-19-7-8-20(23-13-19)21-24-22(27)29-25-21/h3-8,13,16H,2,9-12,14-15H2,1H3,(H,24,25,27). The normalized spacial score (nSPS) is 15.5. The summed E-state index contributed by atoms with van der Waals surface area (Å²) in [6.07, 6.45) is 5.01. The van der Waals surface area contributed by atoms with Gasteiger partial charge in [0.15, 0.2) is 0 Å². The highest BCUT2D eigenvalue weighted by atomic mass is 16.5. The van der Waals surface area contributed by atoms with E-state index < -0.39 is 5.76 Å². The Morgan fingerprint density at radius 2 is 1.97 bits per heavy atom. The van der Waals surface area contributed by atoms with Crippen LogP contribution >= 0.6 is 0 Å². The number of aromatic nitrogens is 3. The molecule has 3 heterocycles. The van der Waals surface area contributed by atoms with Crippen molar-refractivity contribution in [2.24, 2.45) is 5.92 Å². The second-order valence-electron chi connectivity index (χ2n) is 7.48. The molecular formula is C22H26N4O3. The third-order valence-corrected chi connectivity index (χ3v) is 5.51. The first-order chi connectivity index (χ1) is 14.2. The van der Waals surface area contributed by atoms with Gasteiger partial charge in [-0.2, -0.15) is 0 Å². The van der Waals surface area contributed by atoms with E-state index in [0.29, 0.717) is 24.0 Å². The SMILES string of the molecule is CCc1ccccc1CN1CCC(COc2ccc(-c3noc(=O)[nH]3)nc2)CC1. The van der Waals surface area contributed by atoms with Crippen LogP contribution in [0.25, 0.3) is 11.5 Å². The van der Waals surface area contributed by atoms with Crippen molar-refractivity contribution in [3.63, 3.8) is 0 Å². The number of hydrogen-bond acceptors (Lipinski definition) is 6. The van der Waals surface area contributed by atoms with Gasteiger partial charge in [-0.3, -0.25) is 14.4 Å². The summed E-state index contributed by atoms with van der Waals surface area (Å²) in [5.74, 6) is 1.00. The molecule has 0 aliphatic carbocycles. The van der Waals surface area contributed by atoms with Gasteiger partial charge in [0.2, 0.25) is 5.82 Å². The van der Waals surface area contributed by atoms with E-state index in [1.54, 1.807) is 12.3 Å². The number of likely N-dealkylation sites (tertiary alicyclic amines) is 1. The van der Waals surface area contributed by atoms with Crippen molar-refractivity contribution in [1.82, 2.24) is 20.0 Å². The lowest BCUT2D eigenvalue weighted by atomic mass is 9.96. The summed E-state index contributed by atoms with van der Waals surface area (Å²) in [6.45, 7) is 6.15. The molecule has 1 fully saturated rings. The molecule has 1 aliphatic rings. The van der Waals surface area contributed by atoms with Gasteiger partial charge in [-0.15, -0.1) is 0 Å². The molecule has 4 rings (SSSR count). The van der Waals surface area contributed by atoms with Crippen LogP contribution in [0.2, 0.25) is 0 Å². The Bertz CT molecular complexity index is 972. The van der Waals surface area contributed by atoms with E-state index in [0.717, 1.165) is 44.6 Å². The predicted molar refractivity (Wildman–Crippen MR) is 110 cm³/mol. The highest BCUT2D eigenvalue weighted by molar-refractivity contribution is 5.48. The number of hydrogen-bond donors (Lipinski definition) is 1. The minimum Gasteiger partial charge on any atom is -0.492 e. The van der Waals surface area contributed by atoms with E-state index in [2.05, 4.69) is 55.7 Å². The molecule has 7 nitrogen and oxygen atoms in total. The summed E-state index contributed by atoms with van der Waals surface area (Å²) in [5, 5.41) is 3.63. The Kier molecular flexibility index (Phi) is 6.05. The van der Waals surface area contributed by atoms with Gasteiger partial charge in [-0.25, -0.2) is 9.78 Å². The topological polar surface area (TPSA) is 84.2 Å². The van der Waals surface area contributed by atoms with Crippen LogP contribution in [0.4, 0.5) is 0 Å². The lowest BCUT2D eigenvalue weighted by Crippen LogP contribution is -2.35. The molecule has 0 spiro atoms. The van der Waals surface area contributed by atoms with Crippen molar-refractivity contribution in [2.45, 2.75) is 32.7 Å². The third-order valence-electron chi connectivity index (χ3n) is 5.51. The number of H-pyrrole nitrogens is 1. The number of pyridine rings is 1. The van der Waals surface area contributed by atoms with E-state index in [1.165, 1.54) is 11.1 Å². The number of aromatic amines is 1. The first-order valence-electron chi connectivity index (χ1n) is 10.2. The van der Waals surface area contributed by atoms with E-state index in [4.69, 9.17) is 4.74 Å². The van der Waals surface area contributed by atoms with Crippen LogP contribution in [0, 0.1) is 5.92 Å². The summed E-state index contributed by atoms with van der Waals surface area (Å²) in [4.78, 5) is 20.3. The summed E-state index contributed by atoms with van der Waals surface area (Å²) in [7, 11) is 0. The molecule has 1 aromatic carbocycles. The Balaban J connectivity index is 1.24. The molecule has 7 heteroatoms. The molecule has 0 atom stereocenters. The molecule has 29 heavy (non-hydrogen) atoms. The zero-order valence-electron chi connectivity index (χ0n) is 16.6. The van der Waals surface area contributed by atoms with E-state index in [-0.39, 0.29) is 0 Å². The Hall–Kier alpha value is -2.93. The average Bonchev–Trinajstić information content (AvgIpc) is 3.20. The first kappa shape index (κ1) is 19.4. The lowest BCUT2D eigenvalue weighted by Gasteiger charge is -2.32. The molecule has 1 saturated heterocycles. The van der Waals surface area contributed by atoms with E-state index in [1.807, 2.05) is 6.07 Å². The number of ether oxygens (including phenoxy) is 1. The Labute approximate surface area is 169 Å². The minimum absolute atomic E-state index is 0.318. The van der Waals surface area contributed by atoms with Gasteiger partial charge in [-0.05, 0) is 61.5 Å². The van der Waals surface area contributed by atoms with Gasteiger partial charge in [0.25, 0.3) is 0 Å². The molecule has 0 saturated carbocycles. The highest BCUT2D eigenvalue weighted by Crippen LogP contribution is 2.22. The fourth-order valence-corrected chi connectivity index (χ4v) is 3.77. The van der Waals surface area contributed by atoms with Crippen molar-refractivity contribution >= 4 is 0 Å². The zero-order valence-corrected chi connectivity index (χ0v) is 16.6. The van der Waals surface area contributed by atoms with Gasteiger partial charge in [0.05, 0.1) is 12.8 Å². The number of aryl methyl sites for hydroxylation is 1.